The molecule has 0 amide bonds. The van der Waals surface area contributed by atoms with Crippen molar-refractivity contribution in [1.29, 1.82) is 0 Å². The number of methoxy groups -OCH3 is 1. The van der Waals surface area contributed by atoms with Gasteiger partial charge in [0, 0.05) is 12.5 Å². The van der Waals surface area contributed by atoms with E-state index in [-0.39, 0.29) is 18.1 Å². The zero-order chi connectivity index (χ0) is 10.3. The van der Waals surface area contributed by atoms with Crippen molar-refractivity contribution in [3.8, 4) is 0 Å². The molecule has 0 saturated carbocycles. The summed E-state index contributed by atoms with van der Waals surface area (Å²) < 4.78 is 5.42. The minimum atomic E-state index is 0.00743. The molecule has 0 bridgehead atoms. The van der Waals surface area contributed by atoms with Gasteiger partial charge < -0.3 is 9.84 Å². The monoisotopic (exact) mass is 186 g/mol. The summed E-state index contributed by atoms with van der Waals surface area (Å²) in [6, 6.07) is 0. The highest BCUT2D eigenvalue weighted by Gasteiger charge is 2.25. The van der Waals surface area contributed by atoms with E-state index >= 15 is 0 Å². The van der Waals surface area contributed by atoms with Crippen LogP contribution in [0.3, 0.4) is 0 Å². The van der Waals surface area contributed by atoms with Crippen LogP contribution in [0.4, 0.5) is 0 Å². The van der Waals surface area contributed by atoms with E-state index in [4.69, 9.17) is 9.84 Å². The molecule has 78 valence electrons. The Morgan fingerprint density at radius 1 is 1.46 bits per heavy atom. The second kappa shape index (κ2) is 6.17. The Kier molecular flexibility index (Phi) is 6.00. The van der Waals surface area contributed by atoms with E-state index in [0.29, 0.717) is 0 Å². The lowest BCUT2D eigenvalue weighted by Crippen LogP contribution is -2.29. The minimum Gasteiger partial charge on any atom is -0.392 e. The molecule has 0 aromatic rings. The molecule has 2 nitrogen and oxygen atoms in total. The topological polar surface area (TPSA) is 29.5 Å². The van der Waals surface area contributed by atoms with Crippen molar-refractivity contribution >= 4 is 0 Å². The van der Waals surface area contributed by atoms with Gasteiger partial charge in [-0.15, -0.1) is 0 Å². The molecule has 0 rings (SSSR count). The number of hydrogen-bond donors (Lipinski definition) is 1. The van der Waals surface area contributed by atoms with Crippen LogP contribution in [0.2, 0.25) is 0 Å². The maximum absolute atomic E-state index is 8.69. The first-order valence-electron chi connectivity index (χ1n) is 4.89. The van der Waals surface area contributed by atoms with Crippen molar-refractivity contribution in [3.63, 3.8) is 0 Å². The summed E-state index contributed by atoms with van der Waals surface area (Å²) >= 11 is 0. The lowest BCUT2D eigenvalue weighted by atomic mass is 9.83. The maximum Gasteiger partial charge on any atom is 0.0656 e. The number of rotatable bonds is 6. The Morgan fingerprint density at radius 3 is 2.46 bits per heavy atom. The number of aliphatic hydroxyl groups is 1. The zero-order valence-corrected chi connectivity index (χ0v) is 9.21. The summed E-state index contributed by atoms with van der Waals surface area (Å²) in [6.45, 7) is 6.51. The van der Waals surface area contributed by atoms with Gasteiger partial charge >= 0.3 is 0 Å². The van der Waals surface area contributed by atoms with Gasteiger partial charge in [0.1, 0.15) is 0 Å². The summed E-state index contributed by atoms with van der Waals surface area (Å²) in [4.78, 5) is 0. The third-order valence-corrected chi connectivity index (χ3v) is 2.32. The Hall–Kier alpha value is -0.340. The van der Waals surface area contributed by atoms with E-state index in [1.54, 1.807) is 13.2 Å². The van der Waals surface area contributed by atoms with Gasteiger partial charge in [-0.25, -0.2) is 0 Å². The predicted octanol–water partition coefficient (Wildman–Crippen LogP) is 2.38. The molecule has 1 unspecified atom stereocenters. The van der Waals surface area contributed by atoms with Crippen LogP contribution in [-0.4, -0.2) is 24.9 Å². The highest BCUT2D eigenvalue weighted by Crippen LogP contribution is 2.27. The van der Waals surface area contributed by atoms with Crippen LogP contribution >= 0.6 is 0 Å². The predicted molar refractivity (Wildman–Crippen MR) is 55.7 cm³/mol. The molecule has 0 heterocycles. The molecular formula is C11H22O2. The third-order valence-electron chi connectivity index (χ3n) is 2.32. The SMILES string of the molecule is CCCC(OC)C(C)(C)/C=C/CO. The van der Waals surface area contributed by atoms with Gasteiger partial charge in [0.2, 0.25) is 0 Å². The van der Waals surface area contributed by atoms with Crippen LogP contribution in [0.1, 0.15) is 33.6 Å². The van der Waals surface area contributed by atoms with Crippen LogP contribution in [0, 0.1) is 5.41 Å². The van der Waals surface area contributed by atoms with E-state index in [0.717, 1.165) is 12.8 Å². The summed E-state index contributed by atoms with van der Waals surface area (Å²) in [5.74, 6) is 0. The van der Waals surface area contributed by atoms with Crippen LogP contribution in [-0.2, 0) is 4.74 Å². The van der Waals surface area contributed by atoms with E-state index in [2.05, 4.69) is 20.8 Å². The molecule has 0 aliphatic rings. The molecule has 1 N–H and O–H groups in total. The molecule has 0 saturated heterocycles. The maximum atomic E-state index is 8.69. The molecule has 2 heteroatoms. The van der Waals surface area contributed by atoms with Crippen molar-refractivity contribution in [2.45, 2.75) is 39.7 Å². The summed E-state index contributed by atoms with van der Waals surface area (Å²) in [7, 11) is 1.74. The average Bonchev–Trinajstić information content (AvgIpc) is 2.10. The van der Waals surface area contributed by atoms with Crippen LogP contribution in [0.5, 0.6) is 0 Å². The minimum absolute atomic E-state index is 0.00743. The molecule has 0 fully saturated rings. The second-order valence-corrected chi connectivity index (χ2v) is 3.92. The second-order valence-electron chi connectivity index (χ2n) is 3.92. The fourth-order valence-electron chi connectivity index (χ4n) is 1.52. The quantitative estimate of drug-likeness (QED) is 0.645. The normalized spacial score (nSPS) is 15.2. The highest BCUT2D eigenvalue weighted by atomic mass is 16.5. The molecule has 1 atom stereocenters. The van der Waals surface area contributed by atoms with Gasteiger partial charge in [0.15, 0.2) is 0 Å². The number of ether oxygens (including phenoxy) is 1. The fourth-order valence-corrected chi connectivity index (χ4v) is 1.52. The average molecular weight is 186 g/mol. The van der Waals surface area contributed by atoms with Crippen molar-refractivity contribution in [2.75, 3.05) is 13.7 Å². The molecule has 13 heavy (non-hydrogen) atoms. The first-order chi connectivity index (χ1) is 6.08. The number of hydrogen-bond acceptors (Lipinski definition) is 2. The first-order valence-corrected chi connectivity index (χ1v) is 4.89. The van der Waals surface area contributed by atoms with Gasteiger partial charge in [-0.3, -0.25) is 0 Å². The molecule has 0 radical (unpaired) electrons. The molecule has 0 spiro atoms. The smallest absolute Gasteiger partial charge is 0.0656 e. The fraction of sp³-hybridized carbons (Fsp3) is 0.818. The van der Waals surface area contributed by atoms with Crippen molar-refractivity contribution in [2.24, 2.45) is 5.41 Å². The van der Waals surface area contributed by atoms with E-state index < -0.39 is 0 Å². The Labute approximate surface area is 81.6 Å². The van der Waals surface area contributed by atoms with E-state index in [1.807, 2.05) is 6.08 Å². The summed E-state index contributed by atoms with van der Waals surface area (Å²) in [6.07, 6.45) is 6.22. The van der Waals surface area contributed by atoms with Crippen LogP contribution < -0.4 is 0 Å². The van der Waals surface area contributed by atoms with Crippen LogP contribution in [0.15, 0.2) is 12.2 Å². The Balaban J connectivity index is 4.27. The Morgan fingerprint density at radius 2 is 2.08 bits per heavy atom. The summed E-state index contributed by atoms with van der Waals surface area (Å²) in [5.41, 5.74) is 0.00743. The van der Waals surface area contributed by atoms with E-state index in [9.17, 15) is 0 Å². The Bertz CT molecular complexity index is 150. The summed E-state index contributed by atoms with van der Waals surface area (Å²) in [5, 5.41) is 8.69. The largest absolute Gasteiger partial charge is 0.392 e. The molecular weight excluding hydrogens is 164 g/mol. The van der Waals surface area contributed by atoms with Gasteiger partial charge in [0.05, 0.1) is 12.7 Å². The van der Waals surface area contributed by atoms with Crippen molar-refractivity contribution < 1.29 is 9.84 Å². The van der Waals surface area contributed by atoms with Crippen molar-refractivity contribution in [1.82, 2.24) is 0 Å². The highest BCUT2D eigenvalue weighted by molar-refractivity contribution is 4.99. The lowest BCUT2D eigenvalue weighted by molar-refractivity contribution is 0.0243. The van der Waals surface area contributed by atoms with Gasteiger partial charge in [-0.2, -0.15) is 0 Å². The van der Waals surface area contributed by atoms with Crippen LogP contribution in [0.25, 0.3) is 0 Å². The zero-order valence-electron chi connectivity index (χ0n) is 9.21. The van der Waals surface area contributed by atoms with Gasteiger partial charge in [0.25, 0.3) is 0 Å². The first kappa shape index (κ1) is 12.7. The van der Waals surface area contributed by atoms with Gasteiger partial charge in [-0.05, 0) is 6.42 Å². The van der Waals surface area contributed by atoms with Gasteiger partial charge in [-0.1, -0.05) is 39.3 Å². The number of aliphatic hydroxyl groups excluding tert-OH is 1. The molecule has 0 aromatic carbocycles. The standard InChI is InChI=1S/C11H22O2/c1-5-7-10(13-4)11(2,3)8-6-9-12/h6,8,10,12H,5,7,9H2,1-4H3/b8-6+. The van der Waals surface area contributed by atoms with E-state index in [1.165, 1.54) is 0 Å². The van der Waals surface area contributed by atoms with Crippen molar-refractivity contribution in [3.05, 3.63) is 12.2 Å². The molecule has 0 aromatic heterocycles. The molecule has 0 aliphatic carbocycles. The third kappa shape index (κ3) is 4.44. The molecule has 0 aliphatic heterocycles. The lowest BCUT2D eigenvalue weighted by Gasteiger charge is -2.30.